The summed E-state index contributed by atoms with van der Waals surface area (Å²) in [6.07, 6.45) is 0. The van der Waals surface area contributed by atoms with Gasteiger partial charge in [-0.05, 0) is 0 Å². The SMILES string of the molecule is C.C.CC[SiH](C)CC. The molecule has 0 aromatic carbocycles. The Labute approximate surface area is 56.9 Å². The highest BCUT2D eigenvalue weighted by molar-refractivity contribution is 6.56. The molecular formula is C7H22Si. The molecule has 0 fully saturated rings. The molecular weight excluding hydrogens is 112 g/mol. The molecule has 0 saturated heterocycles. The summed E-state index contributed by atoms with van der Waals surface area (Å²) < 4.78 is 0. The van der Waals surface area contributed by atoms with E-state index in [0.717, 1.165) is 0 Å². The van der Waals surface area contributed by atoms with Crippen molar-refractivity contribution in [1.29, 1.82) is 0 Å². The van der Waals surface area contributed by atoms with Crippen LogP contribution >= 0.6 is 0 Å². The normalized spacial score (nSPS) is 7.50. The first-order chi connectivity index (χ1) is 2.81. The molecule has 54 valence electrons. The lowest BCUT2D eigenvalue weighted by atomic mass is 10.9. The van der Waals surface area contributed by atoms with Crippen molar-refractivity contribution >= 4 is 8.80 Å². The molecule has 0 heterocycles. The van der Waals surface area contributed by atoms with E-state index < -0.39 is 0 Å². The third-order valence-electron chi connectivity index (χ3n) is 1.39. The lowest BCUT2D eigenvalue weighted by Crippen LogP contribution is -1.99. The van der Waals surface area contributed by atoms with E-state index in [2.05, 4.69) is 20.4 Å². The van der Waals surface area contributed by atoms with Crippen molar-refractivity contribution < 1.29 is 0 Å². The van der Waals surface area contributed by atoms with Crippen LogP contribution in [0.25, 0.3) is 0 Å². The quantitative estimate of drug-likeness (QED) is 0.509. The molecule has 0 aliphatic carbocycles. The van der Waals surface area contributed by atoms with Crippen molar-refractivity contribution in [3.63, 3.8) is 0 Å². The number of hydrogen-bond acceptors (Lipinski definition) is 0. The summed E-state index contributed by atoms with van der Waals surface area (Å²) in [6, 6.07) is 2.94. The molecule has 0 rings (SSSR count). The van der Waals surface area contributed by atoms with Gasteiger partial charge in [0.05, 0.1) is 0 Å². The largest absolute Gasteiger partial charge is 0.0776 e. The van der Waals surface area contributed by atoms with E-state index in [4.69, 9.17) is 0 Å². The van der Waals surface area contributed by atoms with Gasteiger partial charge in [0.25, 0.3) is 0 Å². The van der Waals surface area contributed by atoms with Crippen LogP contribution in [0.4, 0.5) is 0 Å². The van der Waals surface area contributed by atoms with Crippen LogP contribution in [0.3, 0.4) is 0 Å². The van der Waals surface area contributed by atoms with Gasteiger partial charge in [-0.2, -0.15) is 0 Å². The molecule has 0 aliphatic heterocycles. The van der Waals surface area contributed by atoms with Crippen LogP contribution in [-0.4, -0.2) is 8.80 Å². The third kappa shape index (κ3) is 9.52. The molecule has 0 nitrogen and oxygen atoms in total. The Morgan fingerprint density at radius 2 is 1.25 bits per heavy atom. The van der Waals surface area contributed by atoms with Gasteiger partial charge in [-0.1, -0.05) is 47.3 Å². The second-order valence-electron chi connectivity index (χ2n) is 1.92. The monoisotopic (exact) mass is 134 g/mol. The standard InChI is InChI=1S/C5H14Si.2CH4/c1-4-6(3)5-2;;/h6H,4-5H2,1-3H3;2*1H4. The number of rotatable bonds is 2. The second kappa shape index (κ2) is 10.2. The van der Waals surface area contributed by atoms with Gasteiger partial charge >= 0.3 is 0 Å². The van der Waals surface area contributed by atoms with Crippen LogP contribution in [-0.2, 0) is 0 Å². The molecule has 0 N–H and O–H groups in total. The maximum Gasteiger partial charge on any atom is 0.0331 e. The molecule has 0 bridgehead atoms. The van der Waals surface area contributed by atoms with Crippen molar-refractivity contribution in [3.8, 4) is 0 Å². The minimum absolute atomic E-state index is 0. The molecule has 1 heteroatoms. The van der Waals surface area contributed by atoms with Gasteiger partial charge in [0, 0.05) is 8.80 Å². The van der Waals surface area contributed by atoms with E-state index in [9.17, 15) is 0 Å². The molecule has 0 amide bonds. The summed E-state index contributed by atoms with van der Waals surface area (Å²) >= 11 is 0. The average molecular weight is 134 g/mol. The topological polar surface area (TPSA) is 0 Å². The molecule has 0 radical (unpaired) electrons. The first-order valence-electron chi connectivity index (χ1n) is 2.81. The minimum Gasteiger partial charge on any atom is -0.0776 e. The van der Waals surface area contributed by atoms with Crippen molar-refractivity contribution in [2.24, 2.45) is 0 Å². The van der Waals surface area contributed by atoms with E-state index in [1.54, 1.807) is 0 Å². The zero-order chi connectivity index (χ0) is 4.99. The van der Waals surface area contributed by atoms with Gasteiger partial charge in [-0.15, -0.1) is 0 Å². The smallest absolute Gasteiger partial charge is 0.0331 e. The first-order valence-corrected chi connectivity index (χ1v) is 5.60. The summed E-state index contributed by atoms with van der Waals surface area (Å²) in [4.78, 5) is 0. The fourth-order valence-corrected chi connectivity index (χ4v) is 0.866. The molecule has 0 aliphatic rings. The predicted molar refractivity (Wildman–Crippen MR) is 47.4 cm³/mol. The van der Waals surface area contributed by atoms with Crippen molar-refractivity contribution in [2.45, 2.75) is 47.3 Å². The lowest BCUT2D eigenvalue weighted by Gasteiger charge is -1.96. The zero-order valence-corrected chi connectivity index (χ0v) is 6.15. The van der Waals surface area contributed by atoms with Crippen LogP contribution in [0.5, 0.6) is 0 Å². The zero-order valence-electron chi connectivity index (χ0n) is 4.99. The Hall–Kier alpha value is 0.217. The van der Waals surface area contributed by atoms with E-state index in [1.165, 1.54) is 12.1 Å². The Morgan fingerprint density at radius 3 is 1.25 bits per heavy atom. The van der Waals surface area contributed by atoms with Crippen molar-refractivity contribution in [3.05, 3.63) is 0 Å². The van der Waals surface area contributed by atoms with Crippen LogP contribution in [0, 0.1) is 0 Å². The molecule has 8 heavy (non-hydrogen) atoms. The molecule has 0 atom stereocenters. The van der Waals surface area contributed by atoms with Crippen LogP contribution < -0.4 is 0 Å². The summed E-state index contributed by atoms with van der Waals surface area (Å²) in [6.45, 7) is 7.00. The maximum absolute atomic E-state index is 2.42. The minimum atomic E-state index is -0.160. The number of hydrogen-bond donors (Lipinski definition) is 0. The van der Waals surface area contributed by atoms with Gasteiger partial charge in [0.2, 0.25) is 0 Å². The summed E-state index contributed by atoms with van der Waals surface area (Å²) in [5.74, 6) is 0. The Kier molecular flexibility index (Phi) is 20.1. The predicted octanol–water partition coefficient (Wildman–Crippen LogP) is 3.16. The van der Waals surface area contributed by atoms with Crippen LogP contribution in [0.15, 0.2) is 0 Å². The van der Waals surface area contributed by atoms with Gasteiger partial charge < -0.3 is 0 Å². The van der Waals surface area contributed by atoms with Crippen molar-refractivity contribution in [2.75, 3.05) is 0 Å². The summed E-state index contributed by atoms with van der Waals surface area (Å²) in [5, 5.41) is 0. The van der Waals surface area contributed by atoms with E-state index in [0.29, 0.717) is 0 Å². The summed E-state index contributed by atoms with van der Waals surface area (Å²) in [7, 11) is -0.160. The highest BCUT2D eigenvalue weighted by Crippen LogP contribution is 1.93. The van der Waals surface area contributed by atoms with Crippen LogP contribution in [0.2, 0.25) is 18.6 Å². The second-order valence-corrected chi connectivity index (χ2v) is 5.77. The molecule has 0 spiro atoms. The Morgan fingerprint density at radius 1 is 1.00 bits per heavy atom. The molecule has 0 aromatic heterocycles. The fraction of sp³-hybridized carbons (Fsp3) is 1.00. The highest BCUT2D eigenvalue weighted by Gasteiger charge is 1.91. The van der Waals surface area contributed by atoms with Crippen LogP contribution in [0.1, 0.15) is 28.7 Å². The lowest BCUT2D eigenvalue weighted by molar-refractivity contribution is 1.31. The molecule has 0 saturated carbocycles. The Bertz CT molecular complexity index is 23.6. The third-order valence-corrected chi connectivity index (χ3v) is 4.18. The van der Waals surface area contributed by atoms with E-state index >= 15 is 0 Å². The van der Waals surface area contributed by atoms with Gasteiger partial charge in [0.15, 0.2) is 0 Å². The molecule has 0 unspecified atom stereocenters. The average Bonchev–Trinajstić information content (AvgIpc) is 1.65. The maximum atomic E-state index is 2.42. The van der Waals surface area contributed by atoms with Gasteiger partial charge in [0.1, 0.15) is 0 Å². The summed E-state index contributed by atoms with van der Waals surface area (Å²) in [5.41, 5.74) is 0. The fourth-order valence-electron chi connectivity index (χ4n) is 0.289. The van der Waals surface area contributed by atoms with E-state index in [-0.39, 0.29) is 23.7 Å². The van der Waals surface area contributed by atoms with E-state index in [1.807, 2.05) is 0 Å². The van der Waals surface area contributed by atoms with Gasteiger partial charge in [-0.3, -0.25) is 0 Å². The first kappa shape index (κ1) is 15.7. The molecule has 0 aromatic rings. The van der Waals surface area contributed by atoms with Crippen molar-refractivity contribution in [1.82, 2.24) is 0 Å². The van der Waals surface area contributed by atoms with Gasteiger partial charge in [-0.25, -0.2) is 0 Å². The highest BCUT2D eigenvalue weighted by atomic mass is 28.3. The Balaban J connectivity index is -0.000000125.